The van der Waals surface area contributed by atoms with Crippen LogP contribution in [0.1, 0.15) is 12.8 Å². The van der Waals surface area contributed by atoms with Gasteiger partial charge in [-0.3, -0.25) is 9.59 Å². The van der Waals surface area contributed by atoms with Crippen LogP contribution in [0.2, 0.25) is 0 Å². The molecule has 4 aromatic carbocycles. The molecule has 0 atom stereocenters. The SMILES string of the molecule is Cl.Cl.O=C(O)CC[P+](CC[P+](CCC(=O)O)(c1ccccc1)c1ccccc1)(c1ccccc1)c1ccccc1. The first kappa shape index (κ1) is 33.5. The molecule has 0 aromatic heterocycles. The fourth-order valence-corrected chi connectivity index (χ4v) is 15.3. The summed E-state index contributed by atoms with van der Waals surface area (Å²) in [6.07, 6.45) is 2.94. The Hall–Kier alpha value is -2.74. The largest absolute Gasteiger partial charge is 0.481 e. The van der Waals surface area contributed by atoms with E-state index in [1.807, 2.05) is 72.8 Å². The predicted molar refractivity (Wildman–Crippen MR) is 177 cm³/mol. The molecule has 4 rings (SSSR count). The number of carboxylic acids is 2. The fraction of sp³-hybridized carbons (Fsp3) is 0.188. The zero-order chi connectivity index (χ0) is 26.8. The van der Waals surface area contributed by atoms with E-state index in [1.54, 1.807) is 0 Å². The third-order valence-electron chi connectivity index (χ3n) is 7.28. The lowest BCUT2D eigenvalue weighted by atomic mass is 10.4. The van der Waals surface area contributed by atoms with Crippen LogP contribution >= 0.6 is 39.3 Å². The van der Waals surface area contributed by atoms with Crippen LogP contribution in [0.3, 0.4) is 0 Å². The minimum Gasteiger partial charge on any atom is -0.481 e. The first-order chi connectivity index (χ1) is 18.5. The molecule has 0 amide bonds. The summed E-state index contributed by atoms with van der Waals surface area (Å²) in [5.74, 6) is -1.58. The van der Waals surface area contributed by atoms with Crippen LogP contribution in [0.15, 0.2) is 121 Å². The van der Waals surface area contributed by atoms with Gasteiger partial charge < -0.3 is 10.2 Å². The molecule has 0 aliphatic carbocycles. The Morgan fingerprint density at radius 1 is 0.425 bits per heavy atom. The molecule has 0 saturated heterocycles. The van der Waals surface area contributed by atoms with Gasteiger partial charge in [-0.15, -0.1) is 24.8 Å². The molecule has 0 heterocycles. The van der Waals surface area contributed by atoms with Crippen LogP contribution in [0.4, 0.5) is 0 Å². The Balaban J connectivity index is 0.00000280. The van der Waals surface area contributed by atoms with Crippen molar-refractivity contribution >= 4 is 72.5 Å². The van der Waals surface area contributed by atoms with Gasteiger partial charge in [-0.25, -0.2) is 0 Å². The second kappa shape index (κ2) is 15.9. The maximum atomic E-state index is 11.9. The van der Waals surface area contributed by atoms with Crippen molar-refractivity contribution in [3.05, 3.63) is 121 Å². The smallest absolute Gasteiger partial charge is 0.307 e. The Kier molecular flexibility index (Phi) is 13.3. The van der Waals surface area contributed by atoms with Gasteiger partial charge >= 0.3 is 11.9 Å². The Labute approximate surface area is 250 Å². The highest BCUT2D eigenvalue weighted by atomic mass is 35.5. The van der Waals surface area contributed by atoms with E-state index in [-0.39, 0.29) is 37.7 Å². The van der Waals surface area contributed by atoms with Gasteiger partial charge in [-0.1, -0.05) is 72.8 Å². The van der Waals surface area contributed by atoms with E-state index in [4.69, 9.17) is 0 Å². The van der Waals surface area contributed by atoms with Crippen molar-refractivity contribution < 1.29 is 19.8 Å². The minimum absolute atomic E-state index is 0. The molecule has 0 bridgehead atoms. The van der Waals surface area contributed by atoms with Gasteiger partial charge in [0, 0.05) is 0 Å². The predicted octanol–water partition coefficient (Wildman–Crippen LogP) is 6.12. The van der Waals surface area contributed by atoms with Crippen molar-refractivity contribution in [2.45, 2.75) is 12.8 Å². The second-order valence-corrected chi connectivity index (χ2v) is 17.2. The molecule has 0 aliphatic rings. The van der Waals surface area contributed by atoms with E-state index in [2.05, 4.69) is 48.5 Å². The molecule has 0 aliphatic heterocycles. The maximum absolute atomic E-state index is 11.9. The van der Waals surface area contributed by atoms with Gasteiger partial charge in [0.1, 0.15) is 12.3 Å². The van der Waals surface area contributed by atoms with Crippen LogP contribution in [0, 0.1) is 0 Å². The summed E-state index contributed by atoms with van der Waals surface area (Å²) in [6, 6.07) is 41.4. The number of aliphatic carboxylic acids is 2. The van der Waals surface area contributed by atoms with Crippen molar-refractivity contribution in [3.63, 3.8) is 0 Å². The molecule has 4 aromatic rings. The average Bonchev–Trinajstić information content (AvgIpc) is 2.96. The molecule has 2 N–H and O–H groups in total. The van der Waals surface area contributed by atoms with Gasteiger partial charge in [0.2, 0.25) is 0 Å². The van der Waals surface area contributed by atoms with E-state index >= 15 is 0 Å². The van der Waals surface area contributed by atoms with Gasteiger partial charge in [0.15, 0.2) is 0 Å². The van der Waals surface area contributed by atoms with E-state index in [9.17, 15) is 19.8 Å². The lowest BCUT2D eigenvalue weighted by Crippen LogP contribution is -2.34. The molecule has 0 unspecified atom stereocenters. The monoisotopic (exact) mass is 616 g/mol. The topological polar surface area (TPSA) is 74.6 Å². The zero-order valence-electron chi connectivity index (χ0n) is 22.2. The van der Waals surface area contributed by atoms with Gasteiger partial charge in [-0.05, 0) is 48.5 Å². The number of carboxylic acid groups (broad SMARTS) is 2. The lowest BCUT2D eigenvalue weighted by molar-refractivity contribution is -0.137. The zero-order valence-corrected chi connectivity index (χ0v) is 25.6. The van der Waals surface area contributed by atoms with E-state index in [0.717, 1.165) is 12.3 Å². The highest BCUT2D eigenvalue weighted by Crippen LogP contribution is 2.64. The first-order valence-electron chi connectivity index (χ1n) is 12.9. The highest BCUT2D eigenvalue weighted by Gasteiger charge is 2.50. The summed E-state index contributed by atoms with van der Waals surface area (Å²) < 4.78 is 0. The van der Waals surface area contributed by atoms with Crippen LogP contribution in [-0.4, -0.2) is 46.8 Å². The van der Waals surface area contributed by atoms with Crippen LogP contribution in [0.5, 0.6) is 0 Å². The van der Waals surface area contributed by atoms with Crippen molar-refractivity contribution in [2.24, 2.45) is 0 Å². The molecule has 8 heteroatoms. The lowest BCUT2D eigenvalue weighted by Gasteiger charge is -2.32. The standard InChI is InChI=1S/C32H32O4P2.2ClH/c33-31(34)21-23-37(27-13-5-1-6-14-27,28-15-7-2-8-16-28)25-26-38(24-22-32(35)36,29-17-9-3-10-18-29)30-19-11-4-12-20-30;;/h1-20H,21-26H2;2*1H/p+2. The molecule has 210 valence electrons. The number of hydrogen-bond acceptors (Lipinski definition) is 2. The third-order valence-corrected chi connectivity index (χ3v) is 16.7. The molecular weight excluding hydrogens is 581 g/mol. The van der Waals surface area contributed by atoms with E-state index in [0.29, 0.717) is 12.3 Å². The molecule has 40 heavy (non-hydrogen) atoms. The molecule has 0 fully saturated rings. The van der Waals surface area contributed by atoms with Crippen LogP contribution < -0.4 is 21.2 Å². The number of rotatable bonds is 13. The van der Waals surface area contributed by atoms with Crippen molar-refractivity contribution in [2.75, 3.05) is 24.6 Å². The first-order valence-corrected chi connectivity index (χ1v) is 17.2. The normalized spacial score (nSPS) is 11.1. The number of carbonyl (C=O) groups is 2. The average molecular weight is 617 g/mol. The molecule has 0 spiro atoms. The number of halogens is 2. The Morgan fingerprint density at radius 2 is 0.650 bits per heavy atom. The summed E-state index contributed by atoms with van der Waals surface area (Å²) in [5, 5.41) is 24.3. The summed E-state index contributed by atoms with van der Waals surface area (Å²) >= 11 is 0. The third kappa shape index (κ3) is 7.93. The summed E-state index contributed by atoms with van der Waals surface area (Å²) in [4.78, 5) is 23.8. The summed E-state index contributed by atoms with van der Waals surface area (Å²) in [5.41, 5.74) is 0. The minimum atomic E-state index is -2.14. The van der Waals surface area contributed by atoms with Crippen molar-refractivity contribution in [3.8, 4) is 0 Å². The van der Waals surface area contributed by atoms with Crippen LogP contribution in [-0.2, 0) is 9.59 Å². The summed E-state index contributed by atoms with van der Waals surface area (Å²) in [7, 11) is -4.28. The fourth-order valence-electron chi connectivity index (χ4n) is 5.32. The number of hydrogen-bond donors (Lipinski definition) is 2. The molecule has 0 saturated carbocycles. The number of benzene rings is 4. The van der Waals surface area contributed by atoms with E-state index < -0.39 is 26.5 Å². The van der Waals surface area contributed by atoms with Crippen molar-refractivity contribution in [1.82, 2.24) is 0 Å². The van der Waals surface area contributed by atoms with E-state index in [1.165, 1.54) is 21.2 Å². The van der Waals surface area contributed by atoms with Gasteiger partial charge in [0.25, 0.3) is 0 Å². The second-order valence-electron chi connectivity index (χ2n) is 9.46. The molecule has 0 radical (unpaired) electrons. The Morgan fingerprint density at radius 3 is 0.850 bits per heavy atom. The Bertz CT molecular complexity index is 1140. The maximum Gasteiger partial charge on any atom is 0.307 e. The van der Waals surface area contributed by atoms with Gasteiger partial charge in [-0.2, -0.15) is 0 Å². The highest BCUT2D eigenvalue weighted by molar-refractivity contribution is 7.93. The van der Waals surface area contributed by atoms with Crippen LogP contribution in [0.25, 0.3) is 0 Å². The van der Waals surface area contributed by atoms with Gasteiger partial charge in [0.05, 0.1) is 60.9 Å². The summed E-state index contributed by atoms with van der Waals surface area (Å²) in [6.45, 7) is 0. The quantitative estimate of drug-likeness (QED) is 0.178. The van der Waals surface area contributed by atoms with Crippen molar-refractivity contribution in [1.29, 1.82) is 0 Å². The molecular formula is C32H36Cl2O4P2+2. The molecule has 4 nitrogen and oxygen atoms in total.